The Labute approximate surface area is 239 Å². The van der Waals surface area contributed by atoms with E-state index in [-0.39, 0.29) is 25.5 Å². The first-order valence-electron chi connectivity index (χ1n) is 12.4. The van der Waals surface area contributed by atoms with Crippen molar-refractivity contribution in [2.75, 3.05) is 29.3 Å². The normalized spacial score (nSPS) is 14.9. The molecule has 1 aliphatic heterocycles. The summed E-state index contributed by atoms with van der Waals surface area (Å²) in [7, 11) is -7.84. The van der Waals surface area contributed by atoms with Crippen LogP contribution in [0.2, 0.25) is 10.0 Å². The molecular weight excluding hydrogens is 581 g/mol. The molecule has 4 rings (SSSR count). The molecule has 12 heteroatoms. The lowest BCUT2D eigenvalue weighted by molar-refractivity contribution is -0.114. The molecule has 0 atom stereocenters. The van der Waals surface area contributed by atoms with Crippen molar-refractivity contribution in [3.63, 3.8) is 0 Å². The first kappa shape index (κ1) is 29.4. The maximum absolute atomic E-state index is 13.6. The summed E-state index contributed by atoms with van der Waals surface area (Å²) < 4.78 is 55.7. The van der Waals surface area contributed by atoms with Gasteiger partial charge in [0.2, 0.25) is 15.9 Å². The zero-order valence-electron chi connectivity index (χ0n) is 21.3. The van der Waals surface area contributed by atoms with Crippen LogP contribution in [0, 0.1) is 6.92 Å². The number of hydrogen-bond acceptors (Lipinski definition) is 5. The Balaban J connectivity index is 1.57. The minimum atomic E-state index is -4.19. The van der Waals surface area contributed by atoms with Gasteiger partial charge in [0.25, 0.3) is 10.0 Å². The fourth-order valence-electron chi connectivity index (χ4n) is 4.29. The van der Waals surface area contributed by atoms with E-state index in [0.717, 1.165) is 35.6 Å². The van der Waals surface area contributed by atoms with Crippen molar-refractivity contribution in [1.82, 2.24) is 4.31 Å². The van der Waals surface area contributed by atoms with E-state index in [2.05, 4.69) is 5.32 Å². The van der Waals surface area contributed by atoms with Crippen LogP contribution < -0.4 is 9.62 Å². The number of carbonyl (C=O) groups is 1. The predicted molar refractivity (Wildman–Crippen MR) is 154 cm³/mol. The molecule has 3 aromatic carbocycles. The lowest BCUT2D eigenvalue weighted by Gasteiger charge is -2.25. The van der Waals surface area contributed by atoms with Crippen LogP contribution in [0.15, 0.2) is 76.5 Å². The van der Waals surface area contributed by atoms with Crippen LogP contribution in [0.4, 0.5) is 11.4 Å². The number of halogens is 2. The fourth-order valence-corrected chi connectivity index (χ4v) is 7.69. The minimum Gasteiger partial charge on any atom is -0.325 e. The Morgan fingerprint density at radius 2 is 1.44 bits per heavy atom. The summed E-state index contributed by atoms with van der Waals surface area (Å²) >= 11 is 12.5. The van der Waals surface area contributed by atoms with Crippen molar-refractivity contribution in [2.45, 2.75) is 42.4 Å². The molecule has 3 aromatic rings. The van der Waals surface area contributed by atoms with Crippen molar-refractivity contribution in [2.24, 2.45) is 0 Å². The average Bonchev–Trinajstić information content (AvgIpc) is 3.20. The van der Waals surface area contributed by atoms with Gasteiger partial charge in [-0.25, -0.2) is 16.8 Å². The van der Waals surface area contributed by atoms with Gasteiger partial charge in [0.05, 0.1) is 25.5 Å². The van der Waals surface area contributed by atoms with Gasteiger partial charge in [-0.15, -0.1) is 0 Å². The monoisotopic (exact) mass is 609 g/mol. The third-order valence-electron chi connectivity index (χ3n) is 6.44. The van der Waals surface area contributed by atoms with E-state index in [0.29, 0.717) is 18.8 Å². The highest BCUT2D eigenvalue weighted by Gasteiger charge is 2.30. The molecule has 0 spiro atoms. The van der Waals surface area contributed by atoms with Crippen LogP contribution in [0.5, 0.6) is 0 Å². The third kappa shape index (κ3) is 6.75. The molecule has 1 N–H and O–H groups in total. The van der Waals surface area contributed by atoms with E-state index in [1.54, 1.807) is 18.2 Å². The quantitative estimate of drug-likeness (QED) is 0.353. The minimum absolute atomic E-state index is 0.00859. The molecule has 0 bridgehead atoms. The van der Waals surface area contributed by atoms with Gasteiger partial charge in [0.1, 0.15) is 6.54 Å². The molecule has 0 saturated carbocycles. The number of nitrogens with zero attached hydrogens (tertiary/aromatic N) is 2. The van der Waals surface area contributed by atoms with E-state index in [9.17, 15) is 21.6 Å². The number of anilines is 2. The number of amides is 1. The Morgan fingerprint density at radius 3 is 2.05 bits per heavy atom. The topological polar surface area (TPSA) is 104 Å². The highest BCUT2D eigenvalue weighted by atomic mass is 35.5. The van der Waals surface area contributed by atoms with Crippen LogP contribution in [0.3, 0.4) is 0 Å². The maximum atomic E-state index is 13.6. The highest BCUT2D eigenvalue weighted by Crippen LogP contribution is 2.35. The van der Waals surface area contributed by atoms with Gasteiger partial charge in [-0.3, -0.25) is 9.10 Å². The molecule has 0 aromatic heterocycles. The average molecular weight is 611 g/mol. The number of sulfonamides is 2. The van der Waals surface area contributed by atoms with Crippen molar-refractivity contribution in [3.8, 4) is 0 Å². The Bertz CT molecular complexity index is 1540. The smallest absolute Gasteiger partial charge is 0.264 e. The van der Waals surface area contributed by atoms with Gasteiger partial charge >= 0.3 is 0 Å². The van der Waals surface area contributed by atoms with E-state index >= 15 is 0 Å². The molecule has 208 valence electrons. The number of benzene rings is 3. The van der Waals surface area contributed by atoms with Gasteiger partial charge in [-0.2, -0.15) is 4.31 Å². The van der Waals surface area contributed by atoms with E-state index < -0.39 is 32.5 Å². The molecule has 8 nitrogen and oxygen atoms in total. The SMILES string of the molecule is Cc1ccc(S(=O)(=O)N(CC(=O)Nc2ccc(S(=O)(=O)N3CCCCCC3)cc2)c2cccc(Cl)c2Cl)cc1. The molecule has 1 fully saturated rings. The molecule has 1 heterocycles. The number of carbonyl (C=O) groups excluding carboxylic acids is 1. The van der Waals surface area contributed by atoms with Crippen LogP contribution in [-0.2, 0) is 24.8 Å². The van der Waals surface area contributed by atoms with Crippen molar-refractivity contribution >= 4 is 60.5 Å². The van der Waals surface area contributed by atoms with Crippen LogP contribution in [-0.4, -0.2) is 46.7 Å². The third-order valence-corrected chi connectivity index (χ3v) is 10.9. The number of nitrogens with one attached hydrogen (secondary N) is 1. The molecule has 1 amide bonds. The van der Waals surface area contributed by atoms with Crippen LogP contribution >= 0.6 is 23.2 Å². The summed E-state index contributed by atoms with van der Waals surface area (Å²) in [5, 5.41) is 2.78. The second kappa shape index (κ2) is 12.3. The van der Waals surface area contributed by atoms with E-state index in [1.165, 1.54) is 52.8 Å². The van der Waals surface area contributed by atoms with Gasteiger partial charge in [0, 0.05) is 18.8 Å². The predicted octanol–water partition coefficient (Wildman–Crippen LogP) is 5.70. The van der Waals surface area contributed by atoms with Crippen LogP contribution in [0.1, 0.15) is 31.2 Å². The molecule has 0 aliphatic carbocycles. The van der Waals surface area contributed by atoms with Crippen molar-refractivity contribution in [3.05, 3.63) is 82.3 Å². The van der Waals surface area contributed by atoms with Gasteiger partial charge in [-0.05, 0) is 68.3 Å². The summed E-state index contributed by atoms with van der Waals surface area (Å²) in [5.41, 5.74) is 1.25. The molecule has 39 heavy (non-hydrogen) atoms. The summed E-state index contributed by atoms with van der Waals surface area (Å²) in [4.78, 5) is 13.2. The number of rotatable bonds is 8. The molecular formula is C27H29Cl2N3O5S2. The molecule has 1 saturated heterocycles. The lowest BCUT2D eigenvalue weighted by Crippen LogP contribution is -2.38. The highest BCUT2D eigenvalue weighted by molar-refractivity contribution is 7.93. The van der Waals surface area contributed by atoms with Gasteiger partial charge in [-0.1, -0.05) is 59.8 Å². The Morgan fingerprint density at radius 1 is 0.846 bits per heavy atom. The first-order valence-corrected chi connectivity index (χ1v) is 16.1. The fraction of sp³-hybridized carbons (Fsp3) is 0.296. The van der Waals surface area contributed by atoms with Gasteiger partial charge in [0.15, 0.2) is 0 Å². The maximum Gasteiger partial charge on any atom is 0.264 e. The summed E-state index contributed by atoms with van der Waals surface area (Å²) in [6.07, 6.45) is 3.67. The van der Waals surface area contributed by atoms with E-state index in [1.807, 2.05) is 6.92 Å². The van der Waals surface area contributed by atoms with Crippen LogP contribution in [0.25, 0.3) is 0 Å². The second-order valence-corrected chi connectivity index (χ2v) is 13.9. The summed E-state index contributed by atoms with van der Waals surface area (Å²) in [5.74, 6) is -0.648. The van der Waals surface area contributed by atoms with Crippen molar-refractivity contribution in [1.29, 1.82) is 0 Å². The standard InChI is InChI=1S/C27H29Cl2N3O5S2/c1-20-9-13-23(14-10-20)39(36,37)32(25-8-6-7-24(28)27(25)29)19-26(33)30-21-11-15-22(16-12-21)38(34,35)31-17-4-2-3-5-18-31/h6-16H,2-5,17-19H2,1H3,(H,30,33). The largest absolute Gasteiger partial charge is 0.325 e. The molecule has 0 unspecified atom stereocenters. The Hall–Kier alpha value is -2.63. The number of hydrogen-bond donors (Lipinski definition) is 1. The van der Waals surface area contributed by atoms with Gasteiger partial charge < -0.3 is 5.32 Å². The zero-order valence-corrected chi connectivity index (χ0v) is 24.5. The Kier molecular flexibility index (Phi) is 9.23. The van der Waals surface area contributed by atoms with Crippen molar-refractivity contribution < 1.29 is 21.6 Å². The molecule has 1 aliphatic rings. The lowest BCUT2D eigenvalue weighted by atomic mass is 10.2. The summed E-state index contributed by atoms with van der Waals surface area (Å²) in [6, 6.07) is 16.6. The number of aryl methyl sites for hydroxylation is 1. The zero-order chi connectivity index (χ0) is 28.2. The second-order valence-electron chi connectivity index (χ2n) is 9.29. The molecule has 0 radical (unpaired) electrons. The van der Waals surface area contributed by atoms with E-state index in [4.69, 9.17) is 23.2 Å². The summed E-state index contributed by atoms with van der Waals surface area (Å²) in [6.45, 7) is 2.21. The first-order chi connectivity index (χ1) is 18.5.